The highest BCUT2D eigenvalue weighted by atomic mass is 32.3. The SMILES string of the molecule is CCCCCCCCCCCCCCCCCC[N+](C)(C)CCCCCCCCCCCCCCCCCC.O=S(=O)(O)O. The van der Waals surface area contributed by atoms with Crippen LogP contribution in [0.25, 0.3) is 0 Å². The highest BCUT2D eigenvalue weighted by Gasteiger charge is 2.13. The summed E-state index contributed by atoms with van der Waals surface area (Å²) < 4.78 is 32.8. The number of hydrogen-bond donors (Lipinski definition) is 2. The van der Waals surface area contributed by atoms with Crippen molar-refractivity contribution in [3.05, 3.63) is 0 Å². The normalized spacial score (nSPS) is 12.0. The van der Waals surface area contributed by atoms with Gasteiger partial charge in [-0.1, -0.05) is 194 Å². The molecule has 0 aromatic rings. The zero-order valence-corrected chi connectivity index (χ0v) is 31.4. The van der Waals surface area contributed by atoms with Gasteiger partial charge in [0.05, 0.1) is 27.2 Å². The molecule has 0 unspecified atom stereocenters. The first-order chi connectivity index (χ1) is 21.1. The summed E-state index contributed by atoms with van der Waals surface area (Å²) in [5, 5.41) is 0. The molecule has 0 aliphatic heterocycles. The smallest absolute Gasteiger partial charge is 0.328 e. The Morgan fingerprint density at radius 1 is 0.341 bits per heavy atom. The molecule has 0 atom stereocenters. The van der Waals surface area contributed by atoms with E-state index in [-0.39, 0.29) is 0 Å². The molecule has 0 bridgehead atoms. The lowest BCUT2D eigenvalue weighted by molar-refractivity contribution is -0.890. The van der Waals surface area contributed by atoms with Crippen molar-refractivity contribution in [2.24, 2.45) is 0 Å². The molecule has 0 rings (SSSR count). The van der Waals surface area contributed by atoms with Gasteiger partial charge in [-0.15, -0.1) is 0 Å². The van der Waals surface area contributed by atoms with Crippen molar-refractivity contribution in [2.45, 2.75) is 219 Å². The molecule has 6 heteroatoms. The molecular weight excluding hydrogens is 566 g/mol. The average Bonchev–Trinajstić information content (AvgIpc) is 2.96. The average molecular weight is 649 g/mol. The number of quaternary nitrogens is 1. The van der Waals surface area contributed by atoms with Crippen LogP contribution in [0, 0.1) is 0 Å². The van der Waals surface area contributed by atoms with E-state index in [2.05, 4.69) is 27.9 Å². The quantitative estimate of drug-likeness (QED) is 0.0413. The fourth-order valence-electron chi connectivity index (χ4n) is 6.29. The zero-order chi connectivity index (χ0) is 33.0. The summed E-state index contributed by atoms with van der Waals surface area (Å²) >= 11 is 0. The van der Waals surface area contributed by atoms with E-state index in [1.807, 2.05) is 0 Å². The molecular formula is C38H82NO4S+. The standard InChI is InChI=1S/C38H80N.H2O4S/c1-5-7-9-11-13-15-17-19-21-23-25-27-29-31-33-35-37-39(3,4)38-36-34-32-30-28-26-24-22-20-18-16-14-12-10-8-6-2;1-5(2,3)4/h5-38H2,1-4H3;(H2,1,2,3,4)/q+1;. The monoisotopic (exact) mass is 649 g/mol. The molecule has 0 saturated heterocycles. The molecule has 0 aromatic heterocycles. The van der Waals surface area contributed by atoms with Gasteiger partial charge in [-0.25, -0.2) is 0 Å². The molecule has 0 saturated carbocycles. The van der Waals surface area contributed by atoms with Gasteiger partial charge in [0.1, 0.15) is 0 Å². The van der Waals surface area contributed by atoms with Crippen LogP contribution < -0.4 is 0 Å². The van der Waals surface area contributed by atoms with Crippen molar-refractivity contribution in [3.8, 4) is 0 Å². The molecule has 0 aromatic carbocycles. The molecule has 0 heterocycles. The van der Waals surface area contributed by atoms with Gasteiger partial charge in [0.2, 0.25) is 0 Å². The summed E-state index contributed by atoms with van der Waals surface area (Å²) in [7, 11) is 0.271. The summed E-state index contributed by atoms with van der Waals surface area (Å²) in [5.41, 5.74) is 0. The second-order valence-corrected chi connectivity index (χ2v) is 15.3. The molecule has 0 radical (unpaired) electrons. The summed E-state index contributed by atoms with van der Waals surface area (Å²) in [6.07, 6.45) is 46.9. The predicted octanol–water partition coefficient (Wildman–Crippen LogP) is 12.9. The van der Waals surface area contributed by atoms with Gasteiger partial charge in [-0.3, -0.25) is 9.11 Å². The molecule has 0 aliphatic rings. The highest BCUT2D eigenvalue weighted by molar-refractivity contribution is 7.79. The zero-order valence-electron chi connectivity index (χ0n) is 30.6. The summed E-state index contributed by atoms with van der Waals surface area (Å²) in [4.78, 5) is 0. The van der Waals surface area contributed by atoms with Crippen LogP contribution in [-0.4, -0.2) is 49.2 Å². The molecule has 0 fully saturated rings. The fraction of sp³-hybridized carbons (Fsp3) is 1.00. The van der Waals surface area contributed by atoms with Gasteiger partial charge in [0, 0.05) is 0 Å². The Kier molecular flexibility index (Phi) is 37.3. The second kappa shape index (κ2) is 35.7. The van der Waals surface area contributed by atoms with Crippen molar-refractivity contribution in [2.75, 3.05) is 27.2 Å². The van der Waals surface area contributed by atoms with Crippen molar-refractivity contribution in [1.29, 1.82) is 0 Å². The van der Waals surface area contributed by atoms with Crippen LogP contribution in [0.1, 0.15) is 219 Å². The van der Waals surface area contributed by atoms with E-state index < -0.39 is 10.4 Å². The lowest BCUT2D eigenvalue weighted by atomic mass is 10.0. The summed E-state index contributed by atoms with van der Waals surface area (Å²) in [6.45, 7) is 7.39. The van der Waals surface area contributed by atoms with Crippen molar-refractivity contribution in [3.63, 3.8) is 0 Å². The Bertz CT molecular complexity index is 593. The Labute approximate surface area is 278 Å². The van der Waals surface area contributed by atoms with Crippen LogP contribution in [0.3, 0.4) is 0 Å². The van der Waals surface area contributed by atoms with E-state index in [0.29, 0.717) is 0 Å². The van der Waals surface area contributed by atoms with Gasteiger partial charge < -0.3 is 4.48 Å². The fourth-order valence-corrected chi connectivity index (χ4v) is 6.29. The molecule has 0 amide bonds. The third-order valence-corrected chi connectivity index (χ3v) is 9.23. The summed E-state index contributed by atoms with van der Waals surface area (Å²) in [6, 6.07) is 0. The van der Waals surface area contributed by atoms with Crippen LogP contribution in [0.15, 0.2) is 0 Å². The molecule has 0 spiro atoms. The third-order valence-electron chi connectivity index (χ3n) is 9.23. The lowest BCUT2D eigenvalue weighted by Gasteiger charge is -2.30. The van der Waals surface area contributed by atoms with Crippen LogP contribution in [0.5, 0.6) is 0 Å². The first-order valence-electron chi connectivity index (χ1n) is 19.6. The van der Waals surface area contributed by atoms with Gasteiger partial charge >= 0.3 is 10.4 Å². The summed E-state index contributed by atoms with van der Waals surface area (Å²) in [5.74, 6) is 0. The maximum absolute atomic E-state index is 8.74. The largest absolute Gasteiger partial charge is 0.394 e. The van der Waals surface area contributed by atoms with E-state index in [0.717, 1.165) is 0 Å². The predicted molar refractivity (Wildman–Crippen MR) is 195 cm³/mol. The number of hydrogen-bond acceptors (Lipinski definition) is 2. The third kappa shape index (κ3) is 48.7. The Hall–Kier alpha value is -0.170. The molecule has 268 valence electrons. The maximum atomic E-state index is 8.74. The van der Waals surface area contributed by atoms with Crippen LogP contribution in [0.2, 0.25) is 0 Å². The Morgan fingerprint density at radius 2 is 0.477 bits per heavy atom. The Balaban J connectivity index is 0. The lowest BCUT2D eigenvalue weighted by Crippen LogP contribution is -2.41. The van der Waals surface area contributed by atoms with E-state index in [1.165, 1.54) is 223 Å². The van der Waals surface area contributed by atoms with Crippen LogP contribution in [-0.2, 0) is 10.4 Å². The topological polar surface area (TPSA) is 74.6 Å². The first kappa shape index (κ1) is 46.0. The Morgan fingerprint density at radius 3 is 0.636 bits per heavy atom. The maximum Gasteiger partial charge on any atom is 0.394 e. The highest BCUT2D eigenvalue weighted by Crippen LogP contribution is 2.16. The molecule has 44 heavy (non-hydrogen) atoms. The molecule has 2 N–H and O–H groups in total. The van der Waals surface area contributed by atoms with Gasteiger partial charge in [0.15, 0.2) is 0 Å². The van der Waals surface area contributed by atoms with Gasteiger partial charge in [-0.05, 0) is 25.7 Å². The minimum absolute atomic E-state index is 1.25. The van der Waals surface area contributed by atoms with Gasteiger partial charge in [-0.2, -0.15) is 8.42 Å². The van der Waals surface area contributed by atoms with E-state index in [4.69, 9.17) is 17.5 Å². The number of rotatable bonds is 34. The first-order valence-corrected chi connectivity index (χ1v) is 21.0. The van der Waals surface area contributed by atoms with E-state index in [1.54, 1.807) is 0 Å². The van der Waals surface area contributed by atoms with Gasteiger partial charge in [0.25, 0.3) is 0 Å². The van der Waals surface area contributed by atoms with Crippen molar-refractivity contribution in [1.82, 2.24) is 0 Å². The molecule has 0 aliphatic carbocycles. The second-order valence-electron chi connectivity index (χ2n) is 14.4. The van der Waals surface area contributed by atoms with E-state index in [9.17, 15) is 0 Å². The number of nitrogens with zero attached hydrogens (tertiary/aromatic N) is 1. The van der Waals surface area contributed by atoms with E-state index >= 15 is 0 Å². The minimum atomic E-state index is -4.67. The number of unbranched alkanes of at least 4 members (excludes halogenated alkanes) is 30. The van der Waals surface area contributed by atoms with Crippen molar-refractivity contribution >= 4 is 10.4 Å². The van der Waals surface area contributed by atoms with Crippen molar-refractivity contribution < 1.29 is 22.0 Å². The van der Waals surface area contributed by atoms with Crippen LogP contribution in [0.4, 0.5) is 0 Å². The molecule has 5 nitrogen and oxygen atoms in total. The van der Waals surface area contributed by atoms with Crippen LogP contribution >= 0.6 is 0 Å². The minimum Gasteiger partial charge on any atom is -0.328 e.